The van der Waals surface area contributed by atoms with Crippen LogP contribution >= 0.6 is 11.6 Å². The number of anilines is 1. The first-order chi connectivity index (χ1) is 5.81. The Balaban J connectivity index is 2.80. The second kappa shape index (κ2) is 2.64. The van der Waals surface area contributed by atoms with Gasteiger partial charge in [-0.05, 0) is 0 Å². The number of nitrogens with one attached hydrogen (secondary N) is 1. The van der Waals surface area contributed by atoms with Crippen LogP contribution in [-0.4, -0.2) is 21.6 Å². The van der Waals surface area contributed by atoms with E-state index in [4.69, 9.17) is 11.6 Å². The summed E-state index contributed by atoms with van der Waals surface area (Å²) >= 11 is 5.77. The number of aromatic nitrogens is 3. The summed E-state index contributed by atoms with van der Waals surface area (Å²) in [5, 5.41) is 7.50. The van der Waals surface area contributed by atoms with Crippen LogP contribution in [0.5, 0.6) is 0 Å². The van der Waals surface area contributed by atoms with Crippen LogP contribution in [0.4, 0.5) is 5.82 Å². The summed E-state index contributed by atoms with van der Waals surface area (Å²) in [5.74, 6) is 0.829. The molecule has 5 heteroatoms. The Hall–Kier alpha value is -1.29. The fourth-order valence-electron chi connectivity index (χ4n) is 1.06. The molecule has 0 aromatic carbocycles. The maximum absolute atomic E-state index is 5.77. The molecule has 0 spiro atoms. The van der Waals surface area contributed by atoms with Gasteiger partial charge >= 0.3 is 0 Å². The molecule has 0 unspecified atom stereocenters. The Morgan fingerprint density at radius 2 is 2.42 bits per heavy atom. The molecule has 4 nitrogen and oxygen atoms in total. The van der Waals surface area contributed by atoms with Crippen molar-refractivity contribution in [2.75, 3.05) is 12.4 Å². The Bertz CT molecular complexity index is 409. The van der Waals surface area contributed by atoms with E-state index in [0.717, 1.165) is 11.5 Å². The average molecular weight is 183 g/mol. The summed E-state index contributed by atoms with van der Waals surface area (Å²) in [4.78, 5) is 4.07. The molecular formula is C7H7ClN4. The van der Waals surface area contributed by atoms with Gasteiger partial charge in [-0.1, -0.05) is 11.6 Å². The Kier molecular flexibility index (Phi) is 1.62. The largest absolute Gasteiger partial charge is 0.373 e. The van der Waals surface area contributed by atoms with Crippen LogP contribution < -0.4 is 5.32 Å². The third-order valence-electron chi connectivity index (χ3n) is 1.58. The molecule has 0 saturated carbocycles. The minimum Gasteiger partial charge on any atom is -0.373 e. The quantitative estimate of drug-likeness (QED) is 0.679. The molecule has 0 bridgehead atoms. The van der Waals surface area contributed by atoms with Gasteiger partial charge in [0.15, 0.2) is 5.65 Å². The van der Waals surface area contributed by atoms with E-state index in [-0.39, 0.29) is 0 Å². The van der Waals surface area contributed by atoms with Crippen LogP contribution in [0.3, 0.4) is 0 Å². The van der Waals surface area contributed by atoms with Gasteiger partial charge in [0.1, 0.15) is 11.0 Å². The predicted molar refractivity (Wildman–Crippen MR) is 47.5 cm³/mol. The lowest BCUT2D eigenvalue weighted by molar-refractivity contribution is 0.943. The van der Waals surface area contributed by atoms with E-state index in [1.807, 2.05) is 7.05 Å². The summed E-state index contributed by atoms with van der Waals surface area (Å²) in [6.07, 6.45) is 1.68. The highest BCUT2D eigenvalue weighted by molar-refractivity contribution is 6.29. The van der Waals surface area contributed by atoms with Gasteiger partial charge in [0.25, 0.3) is 0 Å². The molecule has 0 aliphatic heterocycles. The highest BCUT2D eigenvalue weighted by atomic mass is 35.5. The van der Waals surface area contributed by atoms with E-state index in [1.165, 1.54) is 0 Å². The number of hydrogen-bond acceptors (Lipinski definition) is 3. The summed E-state index contributed by atoms with van der Waals surface area (Å²) < 4.78 is 1.69. The van der Waals surface area contributed by atoms with Crippen molar-refractivity contribution in [2.45, 2.75) is 0 Å². The van der Waals surface area contributed by atoms with Crippen LogP contribution in [0.1, 0.15) is 0 Å². The zero-order valence-electron chi connectivity index (χ0n) is 6.45. The van der Waals surface area contributed by atoms with Gasteiger partial charge in [-0.2, -0.15) is 9.61 Å². The summed E-state index contributed by atoms with van der Waals surface area (Å²) in [6.45, 7) is 0. The molecule has 0 atom stereocenters. The lowest BCUT2D eigenvalue weighted by Gasteiger charge is -2.02. The minimum atomic E-state index is 0.465. The fourth-order valence-corrected chi connectivity index (χ4v) is 1.25. The predicted octanol–water partition coefficient (Wildman–Crippen LogP) is 1.42. The van der Waals surface area contributed by atoms with Crippen LogP contribution in [0.15, 0.2) is 18.3 Å². The third-order valence-corrected chi connectivity index (χ3v) is 1.78. The third kappa shape index (κ3) is 1.00. The van der Waals surface area contributed by atoms with Gasteiger partial charge in [-0.3, -0.25) is 0 Å². The molecule has 0 aliphatic carbocycles. The Morgan fingerprint density at radius 1 is 1.58 bits per heavy atom. The number of hydrogen-bond donors (Lipinski definition) is 1. The van der Waals surface area contributed by atoms with Crippen molar-refractivity contribution in [3.63, 3.8) is 0 Å². The summed E-state index contributed by atoms with van der Waals surface area (Å²) in [6, 6.07) is 3.52. The molecular weight excluding hydrogens is 176 g/mol. The van der Waals surface area contributed by atoms with E-state index in [2.05, 4.69) is 15.4 Å². The van der Waals surface area contributed by atoms with Crippen molar-refractivity contribution in [3.05, 3.63) is 23.5 Å². The SMILES string of the molecule is CNc1cc(Cl)nc2ccnn12. The number of nitrogens with zero attached hydrogens (tertiary/aromatic N) is 3. The molecule has 0 radical (unpaired) electrons. The normalized spacial score (nSPS) is 10.5. The van der Waals surface area contributed by atoms with Crippen molar-refractivity contribution in [1.82, 2.24) is 14.6 Å². The van der Waals surface area contributed by atoms with Crippen LogP contribution in [-0.2, 0) is 0 Å². The molecule has 1 N–H and O–H groups in total. The lowest BCUT2D eigenvalue weighted by atomic mass is 10.5. The zero-order chi connectivity index (χ0) is 8.55. The lowest BCUT2D eigenvalue weighted by Crippen LogP contribution is -2.00. The maximum Gasteiger partial charge on any atom is 0.159 e. The van der Waals surface area contributed by atoms with E-state index in [1.54, 1.807) is 22.8 Å². The van der Waals surface area contributed by atoms with Gasteiger partial charge < -0.3 is 5.32 Å². The van der Waals surface area contributed by atoms with Crippen molar-refractivity contribution in [3.8, 4) is 0 Å². The summed E-state index contributed by atoms with van der Waals surface area (Å²) in [5.41, 5.74) is 0.742. The molecule has 2 aromatic heterocycles. The van der Waals surface area contributed by atoms with Gasteiger partial charge in [0.05, 0.1) is 6.20 Å². The first kappa shape index (κ1) is 7.36. The molecule has 0 amide bonds. The second-order valence-electron chi connectivity index (χ2n) is 2.32. The highest BCUT2D eigenvalue weighted by Gasteiger charge is 2.01. The zero-order valence-corrected chi connectivity index (χ0v) is 7.21. The molecule has 0 fully saturated rings. The minimum absolute atomic E-state index is 0.465. The summed E-state index contributed by atoms with van der Waals surface area (Å²) in [7, 11) is 1.81. The van der Waals surface area contributed by atoms with Gasteiger partial charge in [-0.25, -0.2) is 4.98 Å². The van der Waals surface area contributed by atoms with Gasteiger partial charge in [0.2, 0.25) is 0 Å². The van der Waals surface area contributed by atoms with Crippen molar-refractivity contribution in [1.29, 1.82) is 0 Å². The molecule has 2 aromatic rings. The fraction of sp³-hybridized carbons (Fsp3) is 0.143. The topological polar surface area (TPSA) is 42.2 Å². The first-order valence-electron chi connectivity index (χ1n) is 3.49. The highest BCUT2D eigenvalue weighted by Crippen LogP contribution is 2.14. The molecule has 2 heterocycles. The molecule has 0 saturated heterocycles. The first-order valence-corrected chi connectivity index (χ1v) is 3.87. The Labute approximate surface area is 74.2 Å². The van der Waals surface area contributed by atoms with E-state index >= 15 is 0 Å². The van der Waals surface area contributed by atoms with Crippen molar-refractivity contribution in [2.24, 2.45) is 0 Å². The van der Waals surface area contributed by atoms with Crippen LogP contribution in [0.2, 0.25) is 5.15 Å². The van der Waals surface area contributed by atoms with Crippen LogP contribution in [0.25, 0.3) is 5.65 Å². The van der Waals surface area contributed by atoms with Crippen molar-refractivity contribution >= 4 is 23.1 Å². The second-order valence-corrected chi connectivity index (χ2v) is 2.70. The standard InChI is InChI=1S/C7H7ClN4/c1-9-7-4-5(8)11-6-2-3-10-12(6)7/h2-4,9H,1H3. The maximum atomic E-state index is 5.77. The number of fused-ring (bicyclic) bond motifs is 1. The smallest absolute Gasteiger partial charge is 0.159 e. The van der Waals surface area contributed by atoms with E-state index in [0.29, 0.717) is 5.15 Å². The monoisotopic (exact) mass is 182 g/mol. The van der Waals surface area contributed by atoms with Gasteiger partial charge in [0, 0.05) is 19.2 Å². The number of rotatable bonds is 1. The van der Waals surface area contributed by atoms with Crippen LogP contribution in [0, 0.1) is 0 Å². The van der Waals surface area contributed by atoms with Gasteiger partial charge in [-0.15, -0.1) is 0 Å². The Morgan fingerprint density at radius 3 is 3.17 bits per heavy atom. The molecule has 2 rings (SSSR count). The number of halogens is 1. The van der Waals surface area contributed by atoms with E-state index in [9.17, 15) is 0 Å². The van der Waals surface area contributed by atoms with E-state index < -0.39 is 0 Å². The molecule has 12 heavy (non-hydrogen) atoms. The van der Waals surface area contributed by atoms with Crippen molar-refractivity contribution < 1.29 is 0 Å². The average Bonchev–Trinajstić information content (AvgIpc) is 2.50. The molecule has 62 valence electrons. The molecule has 0 aliphatic rings.